The fourth-order valence-corrected chi connectivity index (χ4v) is 4.45. The summed E-state index contributed by atoms with van der Waals surface area (Å²) in [6.07, 6.45) is 2.05. The van der Waals surface area contributed by atoms with E-state index in [1.54, 1.807) is 6.07 Å². The topological polar surface area (TPSA) is 69.6 Å². The van der Waals surface area contributed by atoms with Gasteiger partial charge >= 0.3 is 0 Å². The van der Waals surface area contributed by atoms with Gasteiger partial charge in [0.25, 0.3) is 5.91 Å². The molecule has 1 saturated heterocycles. The quantitative estimate of drug-likeness (QED) is 0.584. The molecule has 32 heavy (non-hydrogen) atoms. The van der Waals surface area contributed by atoms with Gasteiger partial charge in [0.1, 0.15) is 5.75 Å². The van der Waals surface area contributed by atoms with Gasteiger partial charge in [0.2, 0.25) is 5.91 Å². The molecule has 0 radical (unpaired) electrons. The van der Waals surface area contributed by atoms with Crippen molar-refractivity contribution in [1.29, 1.82) is 0 Å². The highest BCUT2D eigenvalue weighted by molar-refractivity contribution is 6.03. The van der Waals surface area contributed by atoms with E-state index in [1.165, 1.54) is 0 Å². The van der Waals surface area contributed by atoms with Gasteiger partial charge in [-0.15, -0.1) is 0 Å². The average molecular weight is 431 g/mol. The first-order valence-corrected chi connectivity index (χ1v) is 11.3. The van der Waals surface area contributed by atoms with Crippen molar-refractivity contribution in [3.05, 3.63) is 65.7 Å². The number of phenols is 1. The number of aryl methyl sites for hydroxylation is 1. The summed E-state index contributed by atoms with van der Waals surface area (Å²) in [4.78, 5) is 26.8. The van der Waals surface area contributed by atoms with Crippen LogP contribution in [0.25, 0.3) is 21.9 Å². The Morgan fingerprint density at radius 1 is 1.16 bits per heavy atom. The van der Waals surface area contributed by atoms with Crippen LogP contribution in [0.5, 0.6) is 5.75 Å². The summed E-state index contributed by atoms with van der Waals surface area (Å²) >= 11 is 0. The number of fused-ring (bicyclic) bond motifs is 1. The highest BCUT2D eigenvalue weighted by Crippen LogP contribution is 2.32. The van der Waals surface area contributed by atoms with Crippen LogP contribution in [-0.4, -0.2) is 40.4 Å². The third-order valence-electron chi connectivity index (χ3n) is 6.29. The molecule has 4 rings (SSSR count). The zero-order chi connectivity index (χ0) is 22.8. The van der Waals surface area contributed by atoms with Gasteiger partial charge in [-0.2, -0.15) is 0 Å². The molecule has 2 amide bonds. The fraction of sp³-hybridized carbons (Fsp3) is 0.333. The highest BCUT2D eigenvalue weighted by atomic mass is 16.3. The minimum absolute atomic E-state index is 0.0168. The molecule has 5 heteroatoms. The third-order valence-corrected chi connectivity index (χ3v) is 6.29. The van der Waals surface area contributed by atoms with Crippen molar-refractivity contribution >= 4 is 22.6 Å². The number of hydrogen-bond donors (Lipinski definition) is 2. The maximum Gasteiger partial charge on any atom is 0.254 e. The van der Waals surface area contributed by atoms with Crippen molar-refractivity contribution in [3.8, 4) is 16.9 Å². The molecule has 0 bridgehead atoms. The van der Waals surface area contributed by atoms with Crippen LogP contribution in [0.2, 0.25) is 0 Å². The van der Waals surface area contributed by atoms with Crippen LogP contribution < -0.4 is 5.32 Å². The Kier molecular flexibility index (Phi) is 6.17. The summed E-state index contributed by atoms with van der Waals surface area (Å²) in [6.45, 7) is 6.55. The number of phenolic OH excluding ortho intramolecular Hbond substituents is 1. The Balaban J connectivity index is 1.66. The number of carbonyl (C=O) groups is 2. The van der Waals surface area contributed by atoms with E-state index in [2.05, 4.69) is 11.4 Å². The van der Waals surface area contributed by atoms with Gasteiger partial charge in [-0.1, -0.05) is 37.3 Å². The summed E-state index contributed by atoms with van der Waals surface area (Å²) < 4.78 is 0. The molecule has 1 aliphatic heterocycles. The largest absolute Gasteiger partial charge is 0.508 e. The second-order valence-corrected chi connectivity index (χ2v) is 8.79. The molecule has 3 aromatic rings. The second kappa shape index (κ2) is 9.03. The SMILES string of the molecule is CCc1cc(-c2cccc3cc(C(=O)N(CC4CCC(=O)N4)C(C)C)ccc23)ccc1O. The minimum Gasteiger partial charge on any atom is -0.508 e. The molecule has 1 atom stereocenters. The summed E-state index contributed by atoms with van der Waals surface area (Å²) in [5, 5.41) is 15.1. The third kappa shape index (κ3) is 4.33. The van der Waals surface area contributed by atoms with Crippen LogP contribution in [0.3, 0.4) is 0 Å². The Labute approximate surface area is 189 Å². The molecule has 1 unspecified atom stereocenters. The van der Waals surface area contributed by atoms with Gasteiger partial charge in [0.05, 0.1) is 0 Å². The molecule has 2 N–H and O–H groups in total. The van der Waals surface area contributed by atoms with Crippen molar-refractivity contribution in [2.24, 2.45) is 0 Å². The number of benzene rings is 3. The van der Waals surface area contributed by atoms with Gasteiger partial charge < -0.3 is 15.3 Å². The lowest BCUT2D eigenvalue weighted by atomic mass is 9.95. The van der Waals surface area contributed by atoms with Crippen molar-refractivity contribution in [1.82, 2.24) is 10.2 Å². The second-order valence-electron chi connectivity index (χ2n) is 8.79. The normalized spacial score (nSPS) is 15.9. The van der Waals surface area contributed by atoms with E-state index in [9.17, 15) is 14.7 Å². The zero-order valence-electron chi connectivity index (χ0n) is 18.9. The Morgan fingerprint density at radius 3 is 2.66 bits per heavy atom. The molecule has 5 nitrogen and oxygen atoms in total. The lowest BCUT2D eigenvalue weighted by molar-refractivity contribution is -0.119. The fourth-order valence-electron chi connectivity index (χ4n) is 4.45. The predicted molar refractivity (Wildman–Crippen MR) is 128 cm³/mol. The maximum atomic E-state index is 13.4. The number of rotatable bonds is 6. The number of aromatic hydroxyl groups is 1. The number of nitrogens with one attached hydrogen (secondary N) is 1. The molecule has 1 aliphatic rings. The maximum absolute atomic E-state index is 13.4. The van der Waals surface area contributed by atoms with Gasteiger partial charge in [0.15, 0.2) is 0 Å². The summed E-state index contributed by atoms with van der Waals surface area (Å²) in [5.74, 6) is 0.354. The van der Waals surface area contributed by atoms with Crippen LogP contribution in [0.1, 0.15) is 49.5 Å². The Hall–Kier alpha value is -3.34. The van der Waals surface area contributed by atoms with Crippen LogP contribution in [0, 0.1) is 0 Å². The molecule has 0 spiro atoms. The molecule has 1 fully saturated rings. The van der Waals surface area contributed by atoms with Crippen LogP contribution in [-0.2, 0) is 11.2 Å². The lowest BCUT2D eigenvalue weighted by Crippen LogP contribution is -2.45. The molecule has 0 aromatic heterocycles. The van der Waals surface area contributed by atoms with E-state index in [4.69, 9.17) is 0 Å². The van der Waals surface area contributed by atoms with Gasteiger partial charge in [0, 0.05) is 30.6 Å². The molecular formula is C27H30N2O3. The predicted octanol–water partition coefficient (Wildman–Crippen LogP) is 4.90. The Morgan fingerprint density at radius 2 is 1.97 bits per heavy atom. The van der Waals surface area contributed by atoms with E-state index in [0.717, 1.165) is 40.3 Å². The molecule has 0 saturated carbocycles. The number of nitrogens with zero attached hydrogens (tertiary/aromatic N) is 1. The first kappa shape index (κ1) is 21.9. The first-order valence-electron chi connectivity index (χ1n) is 11.3. The van der Waals surface area contributed by atoms with E-state index < -0.39 is 0 Å². The number of hydrogen-bond acceptors (Lipinski definition) is 3. The number of carbonyl (C=O) groups excluding carboxylic acids is 2. The molecule has 0 aliphatic carbocycles. The monoisotopic (exact) mass is 430 g/mol. The zero-order valence-corrected chi connectivity index (χ0v) is 18.9. The van der Waals surface area contributed by atoms with Gasteiger partial charge in [-0.25, -0.2) is 0 Å². The first-order chi connectivity index (χ1) is 15.4. The summed E-state index contributed by atoms with van der Waals surface area (Å²) in [6, 6.07) is 17.7. The van der Waals surface area contributed by atoms with E-state index in [0.29, 0.717) is 24.3 Å². The summed E-state index contributed by atoms with van der Waals surface area (Å²) in [7, 11) is 0. The summed E-state index contributed by atoms with van der Waals surface area (Å²) in [5.41, 5.74) is 3.68. The van der Waals surface area contributed by atoms with Crippen LogP contribution in [0.4, 0.5) is 0 Å². The average Bonchev–Trinajstić information content (AvgIpc) is 3.21. The standard InChI is InChI=1S/C27H30N2O3/c1-4-18-14-20(9-12-25(18)30)23-7-5-6-19-15-21(8-11-24(19)23)27(32)29(17(2)3)16-22-10-13-26(31)28-22/h5-9,11-12,14-15,17,22,30H,4,10,13,16H2,1-3H3,(H,28,31). The minimum atomic E-state index is -0.0219. The lowest BCUT2D eigenvalue weighted by Gasteiger charge is -2.29. The van der Waals surface area contributed by atoms with Crippen molar-refractivity contribution in [3.63, 3.8) is 0 Å². The number of amides is 2. The Bertz CT molecular complexity index is 1170. The molecule has 166 valence electrons. The van der Waals surface area contributed by atoms with Gasteiger partial charge in [-0.3, -0.25) is 9.59 Å². The highest BCUT2D eigenvalue weighted by Gasteiger charge is 2.27. The van der Waals surface area contributed by atoms with Crippen molar-refractivity contribution in [2.45, 2.75) is 52.1 Å². The van der Waals surface area contributed by atoms with E-state index in [1.807, 2.05) is 68.1 Å². The molecular weight excluding hydrogens is 400 g/mol. The van der Waals surface area contributed by atoms with E-state index >= 15 is 0 Å². The van der Waals surface area contributed by atoms with Crippen molar-refractivity contribution < 1.29 is 14.7 Å². The van der Waals surface area contributed by atoms with Crippen molar-refractivity contribution in [2.75, 3.05) is 6.54 Å². The van der Waals surface area contributed by atoms with Gasteiger partial charge in [-0.05, 0) is 78.4 Å². The molecule has 1 heterocycles. The van der Waals surface area contributed by atoms with Crippen LogP contribution in [0.15, 0.2) is 54.6 Å². The van der Waals surface area contributed by atoms with E-state index in [-0.39, 0.29) is 23.9 Å². The van der Waals surface area contributed by atoms with Crippen LogP contribution >= 0.6 is 0 Å². The smallest absolute Gasteiger partial charge is 0.254 e. The molecule has 3 aromatic carbocycles.